The van der Waals surface area contributed by atoms with Crippen molar-refractivity contribution in [3.8, 4) is 0 Å². The number of nitrogens with zero attached hydrogens (tertiary/aromatic N) is 1. The first-order valence-corrected chi connectivity index (χ1v) is 13.7. The van der Waals surface area contributed by atoms with Gasteiger partial charge in [0.1, 0.15) is 0 Å². The Hall–Kier alpha value is -3.86. The number of para-hydroxylation sites is 2. The minimum atomic E-state index is -0.639. The first-order chi connectivity index (χ1) is 18.9. The predicted octanol–water partition coefficient (Wildman–Crippen LogP) is 8.52. The van der Waals surface area contributed by atoms with Crippen molar-refractivity contribution in [2.45, 2.75) is 31.7 Å². The number of benzene rings is 4. The molecule has 6 heteroatoms. The summed E-state index contributed by atoms with van der Waals surface area (Å²) in [5.74, 6) is -0.353. The minimum absolute atomic E-state index is 0.0102. The van der Waals surface area contributed by atoms with E-state index >= 15 is 0 Å². The standard InChI is InChI=1S/C33H26Cl2N2O2/c1-20-14-16-21(17-15-20)32-31-28(18-22(19-30(31)38)23-8-2-4-10-25(23)34)36-27-12-6-7-13-29(27)37(32)33(39)24-9-3-5-11-26(24)35/h2-17,22,32,36H,18-19H2,1H3/t22-,32-/m1/s1. The van der Waals surface area contributed by atoms with Gasteiger partial charge in [0.15, 0.2) is 5.78 Å². The molecule has 0 spiro atoms. The predicted molar refractivity (Wildman–Crippen MR) is 158 cm³/mol. The molecule has 4 aromatic rings. The SMILES string of the molecule is Cc1ccc([C@@H]2C3=C(C[C@@H](c4ccccc4Cl)CC3=O)Nc3ccccc3N2C(=O)c2ccccc2Cl)cc1. The normalized spacial score (nSPS) is 18.6. The van der Waals surface area contributed by atoms with Crippen molar-refractivity contribution < 1.29 is 9.59 Å². The summed E-state index contributed by atoms with van der Waals surface area (Å²) in [4.78, 5) is 30.2. The first-order valence-electron chi connectivity index (χ1n) is 12.9. The molecule has 1 N–H and O–H groups in total. The Morgan fingerprint density at radius 1 is 0.821 bits per heavy atom. The van der Waals surface area contributed by atoms with Gasteiger partial charge in [-0.2, -0.15) is 0 Å². The number of nitrogens with one attached hydrogen (secondary N) is 1. The highest BCUT2D eigenvalue weighted by atomic mass is 35.5. The molecule has 0 saturated heterocycles. The number of Topliss-reactive ketones (excluding diaryl/α,β-unsaturated/α-hetero) is 1. The van der Waals surface area contributed by atoms with Crippen LogP contribution in [-0.2, 0) is 4.79 Å². The largest absolute Gasteiger partial charge is 0.357 e. The number of amides is 1. The molecule has 194 valence electrons. The topological polar surface area (TPSA) is 49.4 Å². The molecule has 1 heterocycles. The molecule has 2 atom stereocenters. The highest BCUT2D eigenvalue weighted by molar-refractivity contribution is 6.34. The second kappa shape index (κ2) is 10.4. The molecule has 0 radical (unpaired) electrons. The van der Waals surface area contributed by atoms with E-state index in [1.165, 1.54) is 0 Å². The number of aryl methyl sites for hydroxylation is 1. The number of fused-ring (bicyclic) bond motifs is 1. The molecule has 4 nitrogen and oxygen atoms in total. The maximum absolute atomic E-state index is 14.4. The van der Waals surface area contributed by atoms with E-state index in [1.807, 2.05) is 79.7 Å². The summed E-state index contributed by atoms with van der Waals surface area (Å²) in [5, 5.41) is 4.58. The quantitative estimate of drug-likeness (QED) is 0.277. The van der Waals surface area contributed by atoms with Gasteiger partial charge in [0.2, 0.25) is 0 Å². The number of hydrogen-bond acceptors (Lipinski definition) is 3. The lowest BCUT2D eigenvalue weighted by Gasteiger charge is -2.35. The molecule has 4 aromatic carbocycles. The van der Waals surface area contributed by atoms with Crippen LogP contribution in [0.3, 0.4) is 0 Å². The zero-order valence-corrected chi connectivity index (χ0v) is 22.8. The van der Waals surface area contributed by atoms with Crippen molar-refractivity contribution in [2.75, 3.05) is 10.2 Å². The van der Waals surface area contributed by atoms with Gasteiger partial charge < -0.3 is 5.32 Å². The lowest BCUT2D eigenvalue weighted by molar-refractivity contribution is -0.116. The number of halogens is 2. The first kappa shape index (κ1) is 25.4. The van der Waals surface area contributed by atoms with Crippen molar-refractivity contribution in [1.29, 1.82) is 0 Å². The van der Waals surface area contributed by atoms with E-state index in [4.69, 9.17) is 23.2 Å². The van der Waals surface area contributed by atoms with Crippen LogP contribution >= 0.6 is 23.2 Å². The van der Waals surface area contributed by atoms with Gasteiger partial charge in [0.25, 0.3) is 5.91 Å². The van der Waals surface area contributed by atoms with Crippen LogP contribution < -0.4 is 10.2 Å². The number of anilines is 2. The molecule has 1 amide bonds. The zero-order valence-electron chi connectivity index (χ0n) is 21.3. The second-order valence-corrected chi connectivity index (χ2v) is 10.9. The van der Waals surface area contributed by atoms with Crippen LogP contribution in [0, 0.1) is 6.92 Å². The summed E-state index contributed by atoms with van der Waals surface area (Å²) < 4.78 is 0. The Kier molecular flexibility index (Phi) is 6.76. The number of ketones is 1. The van der Waals surface area contributed by atoms with Gasteiger partial charge in [-0.3, -0.25) is 14.5 Å². The second-order valence-electron chi connectivity index (χ2n) is 10.1. The van der Waals surface area contributed by atoms with Crippen LogP contribution in [0.4, 0.5) is 11.4 Å². The third-order valence-corrected chi connectivity index (χ3v) is 8.22. The Labute approximate surface area is 237 Å². The summed E-state index contributed by atoms with van der Waals surface area (Å²) in [6, 6.07) is 29.8. The van der Waals surface area contributed by atoms with Crippen LogP contribution in [0.2, 0.25) is 10.0 Å². The van der Waals surface area contributed by atoms with E-state index in [0.29, 0.717) is 39.7 Å². The Balaban J connectivity index is 1.58. The van der Waals surface area contributed by atoms with Crippen LogP contribution in [0.1, 0.15) is 51.8 Å². The molecule has 39 heavy (non-hydrogen) atoms. The summed E-state index contributed by atoms with van der Waals surface area (Å²) in [5.41, 5.74) is 6.13. The van der Waals surface area contributed by atoms with Gasteiger partial charge in [0.05, 0.1) is 28.0 Å². The smallest absolute Gasteiger partial charge is 0.260 e. The molecule has 0 bridgehead atoms. The van der Waals surface area contributed by atoms with Gasteiger partial charge in [-0.15, -0.1) is 0 Å². The van der Waals surface area contributed by atoms with Crippen LogP contribution in [-0.4, -0.2) is 11.7 Å². The Morgan fingerprint density at radius 3 is 2.23 bits per heavy atom. The number of hydrogen-bond donors (Lipinski definition) is 1. The van der Waals surface area contributed by atoms with Crippen molar-refractivity contribution in [3.63, 3.8) is 0 Å². The maximum Gasteiger partial charge on any atom is 0.260 e. The van der Waals surface area contributed by atoms with Crippen molar-refractivity contribution in [3.05, 3.63) is 141 Å². The van der Waals surface area contributed by atoms with Crippen molar-refractivity contribution >= 4 is 46.3 Å². The molecule has 0 fully saturated rings. The van der Waals surface area contributed by atoms with Crippen molar-refractivity contribution in [2.24, 2.45) is 0 Å². The molecule has 6 rings (SSSR count). The van der Waals surface area contributed by atoms with Crippen LogP contribution in [0.25, 0.3) is 0 Å². The minimum Gasteiger partial charge on any atom is -0.357 e. The lowest BCUT2D eigenvalue weighted by Crippen LogP contribution is -2.38. The van der Waals surface area contributed by atoms with Gasteiger partial charge >= 0.3 is 0 Å². The Bertz CT molecular complexity index is 1630. The van der Waals surface area contributed by atoms with Gasteiger partial charge in [-0.05, 0) is 60.7 Å². The highest BCUT2D eigenvalue weighted by Gasteiger charge is 2.42. The fraction of sp³-hybridized carbons (Fsp3) is 0.152. The van der Waals surface area contributed by atoms with Gasteiger partial charge in [-0.25, -0.2) is 0 Å². The molecule has 0 aromatic heterocycles. The molecule has 0 unspecified atom stereocenters. The van der Waals surface area contributed by atoms with Crippen molar-refractivity contribution in [1.82, 2.24) is 0 Å². The van der Waals surface area contributed by atoms with Gasteiger partial charge in [-0.1, -0.05) is 95.5 Å². The molecular formula is C33H26Cl2N2O2. The van der Waals surface area contributed by atoms with Gasteiger partial charge in [0, 0.05) is 22.7 Å². The zero-order chi connectivity index (χ0) is 27.1. The number of carbonyl (C=O) groups excluding carboxylic acids is 2. The average Bonchev–Trinajstić information content (AvgIpc) is 3.08. The number of allylic oxidation sites excluding steroid dienone is 1. The highest BCUT2D eigenvalue weighted by Crippen LogP contribution is 2.48. The van der Waals surface area contributed by atoms with E-state index in [-0.39, 0.29) is 17.6 Å². The van der Waals surface area contributed by atoms with E-state index in [9.17, 15) is 9.59 Å². The maximum atomic E-state index is 14.4. The average molecular weight is 553 g/mol. The molecule has 0 saturated carbocycles. The molecular weight excluding hydrogens is 527 g/mol. The number of rotatable bonds is 3. The fourth-order valence-electron chi connectivity index (χ4n) is 5.67. The van der Waals surface area contributed by atoms with Crippen LogP contribution in [0.15, 0.2) is 108 Å². The van der Waals surface area contributed by atoms with E-state index in [0.717, 1.165) is 28.1 Å². The monoisotopic (exact) mass is 552 g/mol. The summed E-state index contributed by atoms with van der Waals surface area (Å²) in [7, 11) is 0. The van der Waals surface area contributed by atoms with E-state index in [1.54, 1.807) is 29.2 Å². The molecule has 2 aliphatic rings. The summed E-state index contributed by atoms with van der Waals surface area (Å²) in [6.07, 6.45) is 0.896. The Morgan fingerprint density at radius 2 is 1.49 bits per heavy atom. The van der Waals surface area contributed by atoms with Crippen LogP contribution in [0.5, 0.6) is 0 Å². The molecule has 1 aliphatic heterocycles. The summed E-state index contributed by atoms with van der Waals surface area (Å²) >= 11 is 13.1. The molecule has 1 aliphatic carbocycles. The van der Waals surface area contributed by atoms with E-state index in [2.05, 4.69) is 5.32 Å². The fourth-order valence-corrected chi connectivity index (χ4v) is 6.17. The number of carbonyl (C=O) groups is 2. The van der Waals surface area contributed by atoms with E-state index < -0.39 is 6.04 Å². The third kappa shape index (κ3) is 4.64. The summed E-state index contributed by atoms with van der Waals surface area (Å²) in [6.45, 7) is 2.02. The third-order valence-electron chi connectivity index (χ3n) is 7.55. The lowest BCUT2D eigenvalue weighted by atomic mass is 9.78.